The largest absolute Gasteiger partial charge is 0.480 e. The summed E-state index contributed by atoms with van der Waals surface area (Å²) in [5.41, 5.74) is 1.17. The summed E-state index contributed by atoms with van der Waals surface area (Å²) in [6.07, 6.45) is 1.53. The van der Waals surface area contributed by atoms with Crippen LogP contribution < -0.4 is 0 Å². The SMILES string of the molecule is Cc1cc(C(=O)N(C)C(C)C(=O)O)ccn1. The van der Waals surface area contributed by atoms with Crippen molar-refractivity contribution in [3.63, 3.8) is 0 Å². The first kappa shape index (κ1) is 12.2. The smallest absolute Gasteiger partial charge is 0.326 e. The number of aromatic nitrogens is 1. The average Bonchev–Trinajstić information content (AvgIpc) is 2.26. The molecule has 0 bridgehead atoms. The molecule has 16 heavy (non-hydrogen) atoms. The van der Waals surface area contributed by atoms with Crippen molar-refractivity contribution in [1.82, 2.24) is 9.88 Å². The number of aliphatic carboxylic acids is 1. The Morgan fingerprint density at radius 3 is 2.62 bits per heavy atom. The van der Waals surface area contributed by atoms with Gasteiger partial charge in [-0.25, -0.2) is 4.79 Å². The first-order chi connectivity index (χ1) is 7.43. The van der Waals surface area contributed by atoms with Crippen molar-refractivity contribution in [3.8, 4) is 0 Å². The maximum Gasteiger partial charge on any atom is 0.326 e. The van der Waals surface area contributed by atoms with Gasteiger partial charge in [0.1, 0.15) is 6.04 Å². The molecular formula is C11H14N2O3. The Bertz CT molecular complexity index is 417. The van der Waals surface area contributed by atoms with E-state index in [-0.39, 0.29) is 5.91 Å². The van der Waals surface area contributed by atoms with Gasteiger partial charge in [0.05, 0.1) is 0 Å². The molecule has 0 aliphatic heterocycles. The molecule has 1 rings (SSSR count). The Kier molecular flexibility index (Phi) is 3.60. The van der Waals surface area contributed by atoms with Gasteiger partial charge in [-0.1, -0.05) is 0 Å². The van der Waals surface area contributed by atoms with Crippen LogP contribution in [0.5, 0.6) is 0 Å². The predicted octanol–water partition coefficient (Wildman–Crippen LogP) is 0.935. The molecule has 1 atom stereocenters. The third-order valence-electron chi connectivity index (χ3n) is 2.40. The zero-order valence-electron chi connectivity index (χ0n) is 9.47. The van der Waals surface area contributed by atoms with Crippen LogP contribution in [0.2, 0.25) is 0 Å². The van der Waals surface area contributed by atoms with Crippen molar-refractivity contribution in [2.75, 3.05) is 7.05 Å². The Labute approximate surface area is 93.7 Å². The van der Waals surface area contributed by atoms with E-state index in [2.05, 4.69) is 4.98 Å². The number of hydrogen-bond acceptors (Lipinski definition) is 3. The number of carbonyl (C=O) groups is 2. The lowest BCUT2D eigenvalue weighted by Crippen LogP contribution is -2.40. The van der Waals surface area contributed by atoms with Gasteiger partial charge in [-0.2, -0.15) is 0 Å². The zero-order valence-corrected chi connectivity index (χ0v) is 9.47. The van der Waals surface area contributed by atoms with Crippen molar-refractivity contribution in [1.29, 1.82) is 0 Å². The number of hydrogen-bond donors (Lipinski definition) is 1. The molecule has 1 N–H and O–H groups in total. The van der Waals surface area contributed by atoms with Gasteiger partial charge in [0.15, 0.2) is 0 Å². The third kappa shape index (κ3) is 2.56. The number of carboxylic acids is 1. The van der Waals surface area contributed by atoms with Gasteiger partial charge >= 0.3 is 5.97 Å². The van der Waals surface area contributed by atoms with E-state index in [1.165, 1.54) is 25.1 Å². The predicted molar refractivity (Wildman–Crippen MR) is 58.2 cm³/mol. The maximum absolute atomic E-state index is 11.9. The van der Waals surface area contributed by atoms with Gasteiger partial charge in [-0.05, 0) is 26.0 Å². The van der Waals surface area contributed by atoms with Crippen LogP contribution in [0.4, 0.5) is 0 Å². The lowest BCUT2D eigenvalue weighted by Gasteiger charge is -2.21. The minimum atomic E-state index is -1.03. The molecule has 0 spiro atoms. The number of carbonyl (C=O) groups excluding carboxylic acids is 1. The molecule has 1 unspecified atom stereocenters. The number of carboxylic acid groups (broad SMARTS) is 1. The molecule has 1 amide bonds. The fourth-order valence-corrected chi connectivity index (χ4v) is 1.22. The number of aryl methyl sites for hydroxylation is 1. The number of pyridine rings is 1. The van der Waals surface area contributed by atoms with Gasteiger partial charge in [-0.15, -0.1) is 0 Å². The number of amides is 1. The van der Waals surface area contributed by atoms with Crippen LogP contribution >= 0.6 is 0 Å². The van der Waals surface area contributed by atoms with Crippen LogP contribution in [-0.2, 0) is 4.79 Å². The van der Waals surface area contributed by atoms with Crippen LogP contribution in [0.25, 0.3) is 0 Å². The Hall–Kier alpha value is -1.91. The summed E-state index contributed by atoms with van der Waals surface area (Å²) in [5, 5.41) is 8.80. The fourth-order valence-electron chi connectivity index (χ4n) is 1.22. The van der Waals surface area contributed by atoms with E-state index < -0.39 is 12.0 Å². The molecule has 1 aromatic rings. The van der Waals surface area contributed by atoms with E-state index in [0.29, 0.717) is 5.56 Å². The van der Waals surface area contributed by atoms with E-state index >= 15 is 0 Å². The summed E-state index contributed by atoms with van der Waals surface area (Å²) in [5.74, 6) is -1.35. The van der Waals surface area contributed by atoms with Crippen LogP contribution in [0.1, 0.15) is 23.0 Å². The molecule has 0 saturated carbocycles. The minimum absolute atomic E-state index is 0.319. The lowest BCUT2D eigenvalue weighted by atomic mass is 10.2. The summed E-state index contributed by atoms with van der Waals surface area (Å²) >= 11 is 0. The fraction of sp³-hybridized carbons (Fsp3) is 0.364. The Morgan fingerprint density at radius 1 is 1.50 bits per heavy atom. The maximum atomic E-state index is 11.9. The second-order valence-electron chi connectivity index (χ2n) is 3.62. The second kappa shape index (κ2) is 4.74. The minimum Gasteiger partial charge on any atom is -0.480 e. The summed E-state index contributed by atoms with van der Waals surface area (Å²) < 4.78 is 0. The molecule has 1 aromatic heterocycles. The molecule has 86 valence electrons. The molecule has 0 aliphatic carbocycles. The van der Waals surface area contributed by atoms with Crippen molar-refractivity contribution < 1.29 is 14.7 Å². The van der Waals surface area contributed by atoms with Gasteiger partial charge in [0.25, 0.3) is 5.91 Å². The molecular weight excluding hydrogens is 208 g/mol. The monoisotopic (exact) mass is 222 g/mol. The Morgan fingerprint density at radius 2 is 2.12 bits per heavy atom. The van der Waals surface area contributed by atoms with E-state index in [4.69, 9.17) is 5.11 Å². The van der Waals surface area contributed by atoms with Crippen molar-refractivity contribution in [3.05, 3.63) is 29.6 Å². The summed E-state index contributed by atoms with van der Waals surface area (Å²) in [6, 6.07) is 2.36. The van der Waals surface area contributed by atoms with Gasteiger partial charge in [0, 0.05) is 24.5 Å². The van der Waals surface area contributed by atoms with E-state index in [1.54, 1.807) is 19.1 Å². The lowest BCUT2D eigenvalue weighted by molar-refractivity contribution is -0.141. The van der Waals surface area contributed by atoms with Crippen LogP contribution in [0.3, 0.4) is 0 Å². The van der Waals surface area contributed by atoms with Crippen LogP contribution in [0.15, 0.2) is 18.3 Å². The van der Waals surface area contributed by atoms with Crippen LogP contribution in [-0.4, -0.2) is 40.0 Å². The van der Waals surface area contributed by atoms with Gasteiger partial charge in [0.2, 0.25) is 0 Å². The number of rotatable bonds is 3. The first-order valence-corrected chi connectivity index (χ1v) is 4.86. The highest BCUT2D eigenvalue weighted by Gasteiger charge is 2.22. The quantitative estimate of drug-likeness (QED) is 0.826. The zero-order chi connectivity index (χ0) is 12.3. The first-order valence-electron chi connectivity index (χ1n) is 4.86. The molecule has 0 aromatic carbocycles. The topological polar surface area (TPSA) is 70.5 Å². The highest BCUT2D eigenvalue weighted by molar-refractivity contribution is 5.96. The van der Waals surface area contributed by atoms with Crippen molar-refractivity contribution in [2.24, 2.45) is 0 Å². The molecule has 0 aliphatic rings. The van der Waals surface area contributed by atoms with Crippen LogP contribution in [0, 0.1) is 6.92 Å². The molecule has 0 fully saturated rings. The molecule has 0 radical (unpaired) electrons. The van der Waals surface area contributed by atoms with Gasteiger partial charge in [-0.3, -0.25) is 9.78 Å². The van der Waals surface area contributed by atoms with E-state index in [1.807, 2.05) is 0 Å². The second-order valence-corrected chi connectivity index (χ2v) is 3.62. The summed E-state index contributed by atoms with van der Waals surface area (Å²) in [4.78, 5) is 27.8. The standard InChI is InChI=1S/C11H14N2O3/c1-7-6-9(4-5-12-7)10(14)13(3)8(2)11(15)16/h4-6,8H,1-3H3,(H,15,16). The average molecular weight is 222 g/mol. The summed E-state index contributed by atoms with van der Waals surface area (Å²) in [7, 11) is 1.47. The molecule has 0 saturated heterocycles. The molecule has 5 heteroatoms. The number of likely N-dealkylation sites (N-methyl/N-ethyl adjacent to an activating group) is 1. The van der Waals surface area contributed by atoms with E-state index in [0.717, 1.165) is 5.69 Å². The third-order valence-corrected chi connectivity index (χ3v) is 2.40. The van der Waals surface area contributed by atoms with E-state index in [9.17, 15) is 9.59 Å². The number of nitrogens with zero attached hydrogens (tertiary/aromatic N) is 2. The van der Waals surface area contributed by atoms with Gasteiger partial charge < -0.3 is 10.0 Å². The highest BCUT2D eigenvalue weighted by Crippen LogP contribution is 2.07. The molecule has 1 heterocycles. The van der Waals surface area contributed by atoms with Crippen molar-refractivity contribution >= 4 is 11.9 Å². The Balaban J connectivity index is 2.90. The highest BCUT2D eigenvalue weighted by atomic mass is 16.4. The molecule has 5 nitrogen and oxygen atoms in total. The van der Waals surface area contributed by atoms with Crippen molar-refractivity contribution in [2.45, 2.75) is 19.9 Å². The summed E-state index contributed by atoms with van der Waals surface area (Å²) in [6.45, 7) is 3.24. The normalized spacial score (nSPS) is 11.9.